The minimum Gasteiger partial charge on any atom is -0.480 e. The number of halogens is 2. The Morgan fingerprint density at radius 2 is 2.00 bits per heavy atom. The number of hydrogen-bond acceptors (Lipinski definition) is 6. The molecule has 0 spiro atoms. The lowest BCUT2D eigenvalue weighted by Gasteiger charge is -2.09. The fraction of sp³-hybridized carbons (Fsp3) is 0.0769. The van der Waals surface area contributed by atoms with Crippen molar-refractivity contribution in [3.05, 3.63) is 40.9 Å². The number of rotatable bonds is 3. The molecule has 21 heavy (non-hydrogen) atoms. The second kappa shape index (κ2) is 5.67. The predicted molar refractivity (Wildman–Crippen MR) is 81.4 cm³/mol. The molecule has 0 aliphatic heterocycles. The Hall–Kier alpha value is -2.18. The Kier molecular flexibility index (Phi) is 3.72. The summed E-state index contributed by atoms with van der Waals surface area (Å²) in [5.41, 5.74) is 1.91. The lowest BCUT2D eigenvalue weighted by Crippen LogP contribution is -1.99. The SMILES string of the molecule is COc1ncc(Nc2ncnc3ccc(Cl)nc23)cc1Cl. The van der Waals surface area contributed by atoms with Crippen LogP contribution in [0.4, 0.5) is 11.5 Å². The summed E-state index contributed by atoms with van der Waals surface area (Å²) in [6.45, 7) is 0. The van der Waals surface area contributed by atoms with E-state index >= 15 is 0 Å². The van der Waals surface area contributed by atoms with E-state index in [-0.39, 0.29) is 0 Å². The van der Waals surface area contributed by atoms with E-state index in [1.54, 1.807) is 24.4 Å². The van der Waals surface area contributed by atoms with Gasteiger partial charge in [-0.3, -0.25) is 0 Å². The van der Waals surface area contributed by atoms with Crippen LogP contribution in [0, 0.1) is 0 Å². The predicted octanol–water partition coefficient (Wildman–Crippen LogP) is 3.48. The van der Waals surface area contributed by atoms with Gasteiger partial charge in [-0.2, -0.15) is 0 Å². The first kappa shape index (κ1) is 13.8. The highest BCUT2D eigenvalue weighted by Crippen LogP contribution is 2.27. The van der Waals surface area contributed by atoms with Gasteiger partial charge < -0.3 is 10.1 Å². The lowest BCUT2D eigenvalue weighted by atomic mass is 10.3. The van der Waals surface area contributed by atoms with Crippen LogP contribution in [0.5, 0.6) is 5.88 Å². The van der Waals surface area contributed by atoms with Gasteiger partial charge in [-0.1, -0.05) is 23.2 Å². The molecule has 0 fully saturated rings. The van der Waals surface area contributed by atoms with Crippen molar-refractivity contribution < 1.29 is 4.74 Å². The summed E-state index contributed by atoms with van der Waals surface area (Å²) in [5.74, 6) is 0.876. The number of aromatic nitrogens is 4. The van der Waals surface area contributed by atoms with Crippen LogP contribution in [0.1, 0.15) is 0 Å². The third-order valence-corrected chi connectivity index (χ3v) is 3.19. The summed E-state index contributed by atoms with van der Waals surface area (Å²) in [7, 11) is 1.51. The molecule has 0 saturated carbocycles. The second-order valence-electron chi connectivity index (χ2n) is 4.06. The van der Waals surface area contributed by atoms with Crippen molar-refractivity contribution in [1.29, 1.82) is 0 Å². The van der Waals surface area contributed by atoms with Gasteiger partial charge in [0.1, 0.15) is 22.0 Å². The minimum absolute atomic E-state index is 0.357. The van der Waals surface area contributed by atoms with Gasteiger partial charge in [0, 0.05) is 0 Å². The molecule has 0 atom stereocenters. The van der Waals surface area contributed by atoms with Crippen LogP contribution in [0.2, 0.25) is 10.2 Å². The second-order valence-corrected chi connectivity index (χ2v) is 4.86. The fourth-order valence-electron chi connectivity index (χ4n) is 1.79. The first-order valence-corrected chi connectivity index (χ1v) is 6.67. The molecule has 106 valence electrons. The summed E-state index contributed by atoms with van der Waals surface area (Å²) >= 11 is 12.0. The number of anilines is 2. The summed E-state index contributed by atoms with van der Waals surface area (Å²) in [6.07, 6.45) is 3.03. The summed E-state index contributed by atoms with van der Waals surface area (Å²) < 4.78 is 5.01. The molecule has 0 radical (unpaired) electrons. The Morgan fingerprint density at radius 3 is 2.76 bits per heavy atom. The van der Waals surface area contributed by atoms with Gasteiger partial charge in [0.15, 0.2) is 5.82 Å². The number of nitrogens with zero attached hydrogens (tertiary/aromatic N) is 4. The van der Waals surface area contributed by atoms with E-state index < -0.39 is 0 Å². The Bertz CT molecular complexity index is 812. The minimum atomic E-state index is 0.357. The van der Waals surface area contributed by atoms with Crippen molar-refractivity contribution in [3.63, 3.8) is 0 Å². The molecular formula is C13H9Cl2N5O. The highest BCUT2D eigenvalue weighted by atomic mass is 35.5. The molecule has 8 heteroatoms. The number of fused-ring (bicyclic) bond motifs is 1. The molecule has 3 aromatic heterocycles. The van der Waals surface area contributed by atoms with Gasteiger partial charge >= 0.3 is 0 Å². The lowest BCUT2D eigenvalue weighted by molar-refractivity contribution is 0.398. The van der Waals surface area contributed by atoms with Gasteiger partial charge in [0.2, 0.25) is 5.88 Å². The van der Waals surface area contributed by atoms with Crippen LogP contribution >= 0.6 is 23.2 Å². The molecule has 6 nitrogen and oxygen atoms in total. The van der Waals surface area contributed by atoms with E-state index in [1.165, 1.54) is 13.4 Å². The zero-order chi connectivity index (χ0) is 14.8. The normalized spacial score (nSPS) is 10.6. The molecule has 0 amide bonds. The fourth-order valence-corrected chi connectivity index (χ4v) is 2.18. The van der Waals surface area contributed by atoms with Crippen LogP contribution < -0.4 is 10.1 Å². The van der Waals surface area contributed by atoms with Crippen molar-refractivity contribution >= 4 is 45.7 Å². The molecule has 0 bridgehead atoms. The highest BCUT2D eigenvalue weighted by molar-refractivity contribution is 6.32. The monoisotopic (exact) mass is 321 g/mol. The summed E-state index contributed by atoms with van der Waals surface area (Å²) in [5, 5.41) is 3.85. The van der Waals surface area contributed by atoms with Crippen LogP contribution in [0.3, 0.4) is 0 Å². The van der Waals surface area contributed by atoms with Crippen molar-refractivity contribution in [3.8, 4) is 5.88 Å². The zero-order valence-corrected chi connectivity index (χ0v) is 12.4. The molecule has 3 aromatic rings. The molecule has 0 aliphatic rings. The van der Waals surface area contributed by atoms with E-state index in [2.05, 4.69) is 25.3 Å². The van der Waals surface area contributed by atoms with Crippen molar-refractivity contribution in [2.45, 2.75) is 0 Å². The van der Waals surface area contributed by atoms with Gasteiger partial charge in [-0.05, 0) is 18.2 Å². The molecule has 0 saturated heterocycles. The van der Waals surface area contributed by atoms with Crippen molar-refractivity contribution in [1.82, 2.24) is 19.9 Å². The average Bonchev–Trinajstić information content (AvgIpc) is 2.48. The number of nitrogens with one attached hydrogen (secondary N) is 1. The topological polar surface area (TPSA) is 72.8 Å². The third-order valence-electron chi connectivity index (χ3n) is 2.71. The van der Waals surface area contributed by atoms with Crippen LogP contribution in [0.25, 0.3) is 11.0 Å². The smallest absolute Gasteiger partial charge is 0.232 e. The maximum atomic E-state index is 6.04. The Balaban J connectivity index is 2.01. The number of hydrogen-bond donors (Lipinski definition) is 1. The quantitative estimate of drug-likeness (QED) is 0.744. The van der Waals surface area contributed by atoms with E-state index in [4.69, 9.17) is 27.9 Å². The van der Waals surface area contributed by atoms with Crippen molar-refractivity contribution in [2.24, 2.45) is 0 Å². The number of methoxy groups -OCH3 is 1. The number of pyridine rings is 2. The first-order valence-electron chi connectivity index (χ1n) is 5.91. The van der Waals surface area contributed by atoms with Crippen LogP contribution in [0.15, 0.2) is 30.7 Å². The molecule has 0 aromatic carbocycles. The maximum Gasteiger partial charge on any atom is 0.232 e. The largest absolute Gasteiger partial charge is 0.480 e. The summed E-state index contributed by atoms with van der Waals surface area (Å²) in [6, 6.07) is 5.13. The molecule has 0 unspecified atom stereocenters. The van der Waals surface area contributed by atoms with Gasteiger partial charge in [0.05, 0.1) is 24.5 Å². The number of ether oxygens (including phenoxy) is 1. The molecule has 3 rings (SSSR count). The molecule has 3 heterocycles. The first-order chi connectivity index (χ1) is 10.2. The van der Waals surface area contributed by atoms with E-state index in [0.29, 0.717) is 38.6 Å². The van der Waals surface area contributed by atoms with Gasteiger partial charge in [-0.25, -0.2) is 19.9 Å². The van der Waals surface area contributed by atoms with Gasteiger partial charge in [0.25, 0.3) is 0 Å². The standard InChI is InChI=1S/C13H9Cl2N5O/c1-21-13-8(14)4-7(5-16-13)19-12-11-9(17-6-18-12)2-3-10(15)20-11/h2-6H,1H3,(H,17,18,19). The van der Waals surface area contributed by atoms with Crippen molar-refractivity contribution in [2.75, 3.05) is 12.4 Å². The van der Waals surface area contributed by atoms with Crippen LogP contribution in [-0.2, 0) is 0 Å². The van der Waals surface area contributed by atoms with Crippen LogP contribution in [-0.4, -0.2) is 27.0 Å². The van der Waals surface area contributed by atoms with E-state index in [9.17, 15) is 0 Å². The molecule has 1 N–H and O–H groups in total. The molecule has 0 aliphatic carbocycles. The highest BCUT2D eigenvalue weighted by Gasteiger charge is 2.08. The summed E-state index contributed by atoms with van der Waals surface area (Å²) in [4.78, 5) is 16.6. The third kappa shape index (κ3) is 2.81. The Labute approximate surface area is 130 Å². The van der Waals surface area contributed by atoms with E-state index in [1.807, 2.05) is 0 Å². The molecular weight excluding hydrogens is 313 g/mol. The Morgan fingerprint density at radius 1 is 1.14 bits per heavy atom. The van der Waals surface area contributed by atoms with Gasteiger partial charge in [-0.15, -0.1) is 0 Å². The van der Waals surface area contributed by atoms with E-state index in [0.717, 1.165) is 0 Å². The average molecular weight is 322 g/mol. The maximum absolute atomic E-state index is 6.04. The zero-order valence-electron chi connectivity index (χ0n) is 10.8.